The van der Waals surface area contributed by atoms with Gasteiger partial charge in [0, 0.05) is 6.42 Å². The van der Waals surface area contributed by atoms with Crippen molar-refractivity contribution in [1.82, 2.24) is 5.32 Å². The maximum Gasteiger partial charge on any atom is 0.220 e. The van der Waals surface area contributed by atoms with Gasteiger partial charge in [-0.1, -0.05) is 147 Å². The summed E-state index contributed by atoms with van der Waals surface area (Å²) in [6.45, 7) is 2.74. The third kappa shape index (κ3) is 22.8. The molecule has 2 rings (SSSR count). The lowest BCUT2D eigenvalue weighted by Crippen LogP contribution is -2.65. The maximum atomic E-state index is 13.1. The van der Waals surface area contributed by atoms with Crippen molar-refractivity contribution < 1.29 is 64.6 Å². The number of hydrogen-bond acceptors (Lipinski definition) is 13. The van der Waals surface area contributed by atoms with Crippen molar-refractivity contribution in [3.05, 3.63) is 24.3 Å². The largest absolute Gasteiger partial charge is 0.394 e. The van der Waals surface area contributed by atoms with E-state index in [9.17, 15) is 45.6 Å². The maximum absolute atomic E-state index is 13.1. The number of ether oxygens (including phenoxy) is 4. The summed E-state index contributed by atoms with van der Waals surface area (Å²) >= 11 is 0. The lowest BCUT2D eigenvalue weighted by atomic mass is 9.97. The summed E-state index contributed by atoms with van der Waals surface area (Å²) in [5, 5.41) is 86.5. The number of rotatable bonds is 36. The highest BCUT2D eigenvalue weighted by Gasteiger charge is 2.51. The zero-order chi connectivity index (χ0) is 44.7. The minimum Gasteiger partial charge on any atom is -0.394 e. The number of amides is 1. The van der Waals surface area contributed by atoms with E-state index >= 15 is 0 Å². The first-order chi connectivity index (χ1) is 29.6. The Hall–Kier alpha value is -1.53. The second-order valence-corrected chi connectivity index (χ2v) is 17.2. The quantitative estimate of drug-likeness (QED) is 0.0285. The van der Waals surface area contributed by atoms with Crippen LogP contribution in [0.5, 0.6) is 0 Å². The zero-order valence-electron chi connectivity index (χ0n) is 37.7. The molecule has 0 spiro atoms. The first-order valence-corrected chi connectivity index (χ1v) is 24.1. The number of carbonyl (C=O) groups is 1. The second-order valence-electron chi connectivity index (χ2n) is 17.2. The summed E-state index contributed by atoms with van der Waals surface area (Å²) in [5.74, 6) is -0.247. The molecule has 2 aliphatic rings. The SMILES string of the molecule is CCCCCCCC/C=C\CCCCCCCCCC(=O)NC(COC1OC(CO)C(OC2OC(CO)C(O)C(O)C2O)C(O)C1O)C(O)/C=C/CCCCCCCCCC. The molecule has 0 aromatic rings. The Balaban J connectivity index is 1.85. The van der Waals surface area contributed by atoms with E-state index in [4.69, 9.17) is 18.9 Å². The van der Waals surface area contributed by atoms with Crippen LogP contribution in [0.25, 0.3) is 0 Å². The predicted molar refractivity (Wildman–Crippen MR) is 235 cm³/mol. The van der Waals surface area contributed by atoms with Crippen molar-refractivity contribution >= 4 is 5.91 Å². The fourth-order valence-electron chi connectivity index (χ4n) is 7.87. The molecule has 2 fully saturated rings. The highest BCUT2D eigenvalue weighted by Crippen LogP contribution is 2.30. The van der Waals surface area contributed by atoms with E-state index in [2.05, 4.69) is 31.3 Å². The molecular formula is C47H87NO13. The molecule has 0 aromatic heterocycles. The topological polar surface area (TPSA) is 228 Å². The van der Waals surface area contributed by atoms with Crippen LogP contribution >= 0.6 is 0 Å². The Labute approximate surface area is 367 Å². The Bertz CT molecular complexity index is 1130. The van der Waals surface area contributed by atoms with Gasteiger partial charge in [-0.2, -0.15) is 0 Å². The summed E-state index contributed by atoms with van der Waals surface area (Å²) in [7, 11) is 0. The molecule has 1 amide bonds. The Morgan fingerprint density at radius 2 is 1.03 bits per heavy atom. The van der Waals surface area contributed by atoms with Gasteiger partial charge in [0.1, 0.15) is 48.8 Å². The molecule has 0 aliphatic carbocycles. The molecular weight excluding hydrogens is 787 g/mol. The van der Waals surface area contributed by atoms with Crippen molar-refractivity contribution in [2.45, 2.75) is 248 Å². The number of aliphatic hydroxyl groups excluding tert-OH is 8. The molecule has 9 N–H and O–H groups in total. The Kier molecular flexibility index (Phi) is 31.7. The molecule has 2 heterocycles. The average molecular weight is 874 g/mol. The van der Waals surface area contributed by atoms with Gasteiger partial charge in [0.15, 0.2) is 12.6 Å². The monoisotopic (exact) mass is 874 g/mol. The third-order valence-electron chi connectivity index (χ3n) is 11.9. The normalized spacial score (nSPS) is 28.2. The molecule has 2 aliphatic heterocycles. The molecule has 12 atom stereocenters. The number of unbranched alkanes of at least 4 members (excludes halogenated alkanes) is 21. The summed E-state index contributed by atoms with van der Waals surface area (Å²) in [6, 6.07) is -0.911. The number of carbonyl (C=O) groups excluding carboxylic acids is 1. The highest BCUT2D eigenvalue weighted by atomic mass is 16.7. The Morgan fingerprint density at radius 3 is 1.56 bits per heavy atom. The summed E-state index contributed by atoms with van der Waals surface area (Å²) in [4.78, 5) is 13.1. The molecule has 358 valence electrons. The summed E-state index contributed by atoms with van der Waals surface area (Å²) in [5.41, 5.74) is 0. The van der Waals surface area contributed by atoms with Crippen molar-refractivity contribution in [3.63, 3.8) is 0 Å². The van der Waals surface area contributed by atoms with Gasteiger partial charge < -0.3 is 65.1 Å². The van der Waals surface area contributed by atoms with Gasteiger partial charge >= 0.3 is 0 Å². The van der Waals surface area contributed by atoms with Crippen molar-refractivity contribution in [1.29, 1.82) is 0 Å². The molecule has 0 aromatic carbocycles. The van der Waals surface area contributed by atoms with Gasteiger partial charge in [0.2, 0.25) is 5.91 Å². The van der Waals surface area contributed by atoms with E-state index in [0.717, 1.165) is 44.9 Å². The van der Waals surface area contributed by atoms with E-state index in [1.807, 2.05) is 6.08 Å². The number of nitrogens with one attached hydrogen (secondary N) is 1. The molecule has 2 saturated heterocycles. The fourth-order valence-corrected chi connectivity index (χ4v) is 7.87. The van der Waals surface area contributed by atoms with E-state index in [0.29, 0.717) is 6.42 Å². The summed E-state index contributed by atoms with van der Waals surface area (Å²) in [6.07, 6.45) is 19.4. The van der Waals surface area contributed by atoms with Crippen LogP contribution in [0.1, 0.15) is 174 Å². The Morgan fingerprint density at radius 1 is 0.574 bits per heavy atom. The molecule has 0 bridgehead atoms. The van der Waals surface area contributed by atoms with Crippen LogP contribution in [0, 0.1) is 0 Å². The minimum atomic E-state index is -1.79. The van der Waals surface area contributed by atoms with E-state index in [1.54, 1.807) is 6.08 Å². The fraction of sp³-hybridized carbons (Fsp3) is 0.894. The minimum absolute atomic E-state index is 0.247. The van der Waals surface area contributed by atoms with Gasteiger partial charge in [0.05, 0.1) is 32.0 Å². The second kappa shape index (κ2) is 34.8. The number of hydrogen-bond donors (Lipinski definition) is 9. The molecule has 0 saturated carbocycles. The van der Waals surface area contributed by atoms with Crippen LogP contribution in [0.2, 0.25) is 0 Å². The first-order valence-electron chi connectivity index (χ1n) is 24.1. The predicted octanol–water partition coefficient (Wildman–Crippen LogP) is 5.38. The number of allylic oxidation sites excluding steroid dienone is 3. The smallest absolute Gasteiger partial charge is 0.220 e. The molecule has 61 heavy (non-hydrogen) atoms. The van der Waals surface area contributed by atoms with E-state index in [-0.39, 0.29) is 18.9 Å². The zero-order valence-corrected chi connectivity index (χ0v) is 37.7. The van der Waals surface area contributed by atoms with Gasteiger partial charge in [-0.15, -0.1) is 0 Å². The van der Waals surface area contributed by atoms with Crippen LogP contribution in [-0.2, 0) is 23.7 Å². The summed E-state index contributed by atoms with van der Waals surface area (Å²) < 4.78 is 22.6. The molecule has 12 unspecified atom stereocenters. The van der Waals surface area contributed by atoms with Crippen LogP contribution in [0.3, 0.4) is 0 Å². The van der Waals surface area contributed by atoms with Crippen LogP contribution in [0.15, 0.2) is 24.3 Å². The first kappa shape index (κ1) is 55.6. The van der Waals surface area contributed by atoms with Gasteiger partial charge in [-0.05, 0) is 44.9 Å². The van der Waals surface area contributed by atoms with Crippen LogP contribution < -0.4 is 5.32 Å². The lowest BCUT2D eigenvalue weighted by molar-refractivity contribution is -0.359. The van der Waals surface area contributed by atoms with Crippen molar-refractivity contribution in [3.8, 4) is 0 Å². The van der Waals surface area contributed by atoms with Gasteiger partial charge in [-0.3, -0.25) is 4.79 Å². The molecule has 0 radical (unpaired) electrons. The molecule has 14 nitrogen and oxygen atoms in total. The number of aliphatic hydroxyl groups is 8. The standard InChI is InChI=1S/C47H87NO13/c1-3-5-7-9-11-13-15-16-17-18-19-20-21-23-25-27-29-31-39(52)48-35(36(51)30-28-26-24-22-14-12-10-8-6-4-2)34-58-46-44(57)42(55)45(38(33-50)60-46)61-47-43(56)41(54)40(53)37(32-49)59-47/h16-17,28,30,35-38,40-47,49-51,53-57H,3-15,18-27,29,31-34H2,1-2H3,(H,48,52)/b17-16-,30-28+. The van der Waals surface area contributed by atoms with Crippen molar-refractivity contribution in [2.75, 3.05) is 19.8 Å². The van der Waals surface area contributed by atoms with Crippen LogP contribution in [0.4, 0.5) is 0 Å². The van der Waals surface area contributed by atoms with E-state index in [1.165, 1.54) is 103 Å². The van der Waals surface area contributed by atoms with E-state index < -0.39 is 86.8 Å². The van der Waals surface area contributed by atoms with Gasteiger partial charge in [0.25, 0.3) is 0 Å². The third-order valence-corrected chi connectivity index (χ3v) is 11.9. The average Bonchev–Trinajstić information content (AvgIpc) is 3.26. The van der Waals surface area contributed by atoms with Crippen LogP contribution in [-0.4, -0.2) is 140 Å². The van der Waals surface area contributed by atoms with Gasteiger partial charge in [-0.25, -0.2) is 0 Å². The lowest BCUT2D eigenvalue weighted by Gasteiger charge is -2.46. The molecule has 14 heteroatoms. The highest BCUT2D eigenvalue weighted by molar-refractivity contribution is 5.76. The van der Waals surface area contributed by atoms with Crippen molar-refractivity contribution in [2.24, 2.45) is 0 Å².